The molecule has 1 aromatic heterocycles. The highest BCUT2D eigenvalue weighted by molar-refractivity contribution is 5.41. The maximum atomic E-state index is 12.5. The molecule has 0 bridgehead atoms. The normalized spacial score (nSPS) is 20.5. The van der Waals surface area contributed by atoms with E-state index in [1.54, 1.807) is 6.07 Å². The van der Waals surface area contributed by atoms with Gasteiger partial charge in [-0.05, 0) is 12.5 Å². The van der Waals surface area contributed by atoms with Crippen LogP contribution in [0.1, 0.15) is 6.42 Å². The van der Waals surface area contributed by atoms with Gasteiger partial charge in [0.05, 0.1) is 7.11 Å². The van der Waals surface area contributed by atoms with E-state index in [4.69, 9.17) is 4.74 Å². The van der Waals surface area contributed by atoms with Gasteiger partial charge in [-0.2, -0.15) is 4.98 Å². The average Bonchev–Trinajstić information content (AvgIpc) is 2.78. The van der Waals surface area contributed by atoms with Gasteiger partial charge < -0.3 is 9.64 Å². The molecule has 0 aromatic carbocycles. The van der Waals surface area contributed by atoms with Gasteiger partial charge in [-0.15, -0.1) is 0 Å². The van der Waals surface area contributed by atoms with Crippen molar-refractivity contribution in [2.45, 2.75) is 12.8 Å². The van der Waals surface area contributed by atoms with Crippen LogP contribution in [0.2, 0.25) is 0 Å². The quantitative estimate of drug-likeness (QED) is 0.792. The van der Waals surface area contributed by atoms with E-state index >= 15 is 0 Å². The van der Waals surface area contributed by atoms with E-state index in [0.717, 1.165) is 0 Å². The molecule has 0 saturated carbocycles. The minimum atomic E-state index is -2.24. The number of halogens is 2. The maximum absolute atomic E-state index is 12.5. The summed E-state index contributed by atoms with van der Waals surface area (Å²) in [5.74, 6) is 0.688. The van der Waals surface area contributed by atoms with E-state index in [9.17, 15) is 8.78 Å². The Morgan fingerprint density at radius 1 is 1.50 bits per heavy atom. The molecule has 5 heteroatoms. The van der Waals surface area contributed by atoms with Gasteiger partial charge in [-0.25, -0.2) is 8.78 Å². The summed E-state index contributed by atoms with van der Waals surface area (Å²) in [5, 5.41) is 0. The van der Waals surface area contributed by atoms with Crippen LogP contribution in [0, 0.1) is 5.92 Å². The summed E-state index contributed by atoms with van der Waals surface area (Å²) in [6.45, 7) is 1.01. The number of nitrogens with zero attached hydrogens (tertiary/aromatic N) is 2. The largest absolute Gasteiger partial charge is 0.481 e. The number of hydrogen-bond donors (Lipinski definition) is 0. The summed E-state index contributed by atoms with van der Waals surface area (Å²) < 4.78 is 30.0. The molecule has 16 heavy (non-hydrogen) atoms. The van der Waals surface area contributed by atoms with Gasteiger partial charge in [0.1, 0.15) is 5.82 Å². The first-order valence-corrected chi connectivity index (χ1v) is 5.25. The van der Waals surface area contributed by atoms with E-state index in [2.05, 4.69) is 4.98 Å². The first-order valence-electron chi connectivity index (χ1n) is 5.25. The van der Waals surface area contributed by atoms with Crippen LogP contribution in [0.15, 0.2) is 18.2 Å². The van der Waals surface area contributed by atoms with Crippen LogP contribution in [0.25, 0.3) is 0 Å². The zero-order valence-electron chi connectivity index (χ0n) is 9.07. The molecule has 2 rings (SSSR count). The van der Waals surface area contributed by atoms with Gasteiger partial charge in [0.25, 0.3) is 0 Å². The molecular weight excluding hydrogens is 214 g/mol. The highest BCUT2D eigenvalue weighted by Gasteiger charge is 2.30. The Hall–Kier alpha value is -1.39. The Morgan fingerprint density at radius 3 is 2.94 bits per heavy atom. The lowest BCUT2D eigenvalue weighted by Gasteiger charge is -2.17. The molecule has 1 aliphatic heterocycles. The van der Waals surface area contributed by atoms with Crippen LogP contribution >= 0.6 is 0 Å². The van der Waals surface area contributed by atoms with Crippen molar-refractivity contribution in [2.24, 2.45) is 5.92 Å². The maximum Gasteiger partial charge on any atom is 0.243 e. The molecule has 0 spiro atoms. The number of alkyl halides is 2. The molecule has 0 aliphatic carbocycles. The van der Waals surface area contributed by atoms with Crippen LogP contribution in [0.3, 0.4) is 0 Å². The molecule has 0 N–H and O–H groups in total. The van der Waals surface area contributed by atoms with Crippen LogP contribution < -0.4 is 9.64 Å². The smallest absolute Gasteiger partial charge is 0.243 e. The van der Waals surface area contributed by atoms with Crippen molar-refractivity contribution in [1.29, 1.82) is 0 Å². The second-order valence-electron chi connectivity index (χ2n) is 3.87. The van der Waals surface area contributed by atoms with Crippen molar-refractivity contribution >= 4 is 5.82 Å². The zero-order valence-corrected chi connectivity index (χ0v) is 9.07. The standard InChI is InChI=1S/C11H14F2N2O/c1-16-10-4-2-3-9(14-10)15-6-5-8(7-15)11(12)13/h2-4,8,11H,5-7H2,1H3. The lowest BCUT2D eigenvalue weighted by Crippen LogP contribution is -2.22. The van der Waals surface area contributed by atoms with Crippen LogP contribution in [0.5, 0.6) is 5.88 Å². The average molecular weight is 228 g/mol. The summed E-state index contributed by atoms with van der Waals surface area (Å²) in [4.78, 5) is 6.10. The van der Waals surface area contributed by atoms with E-state index in [1.807, 2.05) is 17.0 Å². The van der Waals surface area contributed by atoms with E-state index in [1.165, 1.54) is 7.11 Å². The fraction of sp³-hybridized carbons (Fsp3) is 0.545. The minimum Gasteiger partial charge on any atom is -0.481 e. The topological polar surface area (TPSA) is 25.4 Å². The first-order chi connectivity index (χ1) is 7.70. The summed E-state index contributed by atoms with van der Waals surface area (Å²) in [5.41, 5.74) is 0. The lowest BCUT2D eigenvalue weighted by atomic mass is 10.1. The number of anilines is 1. The zero-order chi connectivity index (χ0) is 11.5. The van der Waals surface area contributed by atoms with Gasteiger partial charge in [-0.1, -0.05) is 6.07 Å². The van der Waals surface area contributed by atoms with Gasteiger partial charge in [0.2, 0.25) is 12.3 Å². The molecule has 88 valence electrons. The summed E-state index contributed by atoms with van der Waals surface area (Å²) in [6.07, 6.45) is -1.72. The predicted octanol–water partition coefficient (Wildman–Crippen LogP) is 2.18. The Labute approximate surface area is 93.0 Å². The molecule has 1 unspecified atom stereocenters. The Kier molecular flexibility index (Phi) is 3.22. The van der Waals surface area contributed by atoms with Crippen LogP contribution in [0.4, 0.5) is 14.6 Å². The highest BCUT2D eigenvalue weighted by atomic mass is 19.3. The number of ether oxygens (including phenoxy) is 1. The third-order valence-corrected chi connectivity index (χ3v) is 2.82. The lowest BCUT2D eigenvalue weighted by molar-refractivity contribution is 0.0880. The second-order valence-corrected chi connectivity index (χ2v) is 3.87. The number of rotatable bonds is 3. The number of hydrogen-bond acceptors (Lipinski definition) is 3. The van der Waals surface area contributed by atoms with Crippen LogP contribution in [-0.2, 0) is 0 Å². The summed E-state index contributed by atoms with van der Waals surface area (Å²) in [6, 6.07) is 5.37. The van der Waals surface area contributed by atoms with Gasteiger partial charge in [0, 0.05) is 25.1 Å². The van der Waals surface area contributed by atoms with Crippen molar-refractivity contribution in [3.05, 3.63) is 18.2 Å². The van der Waals surface area contributed by atoms with Crippen molar-refractivity contribution in [3.63, 3.8) is 0 Å². The fourth-order valence-electron chi connectivity index (χ4n) is 1.89. The molecule has 1 aromatic rings. The molecule has 1 saturated heterocycles. The Bertz CT molecular complexity index is 360. The fourth-order valence-corrected chi connectivity index (χ4v) is 1.89. The minimum absolute atomic E-state index is 0.373. The Balaban J connectivity index is 2.08. The second kappa shape index (κ2) is 4.63. The molecule has 1 aliphatic rings. The molecule has 1 fully saturated rings. The number of methoxy groups -OCH3 is 1. The van der Waals surface area contributed by atoms with Crippen molar-refractivity contribution < 1.29 is 13.5 Å². The van der Waals surface area contributed by atoms with Gasteiger partial charge >= 0.3 is 0 Å². The molecule has 1 atom stereocenters. The van der Waals surface area contributed by atoms with E-state index < -0.39 is 12.3 Å². The summed E-state index contributed by atoms with van der Waals surface area (Å²) in [7, 11) is 1.54. The first kappa shape index (κ1) is 11.1. The number of pyridine rings is 1. The third kappa shape index (κ3) is 2.23. The van der Waals surface area contributed by atoms with E-state index in [-0.39, 0.29) is 0 Å². The van der Waals surface area contributed by atoms with Gasteiger partial charge in [-0.3, -0.25) is 0 Å². The SMILES string of the molecule is COc1cccc(N2CCC(C(F)F)C2)n1. The van der Waals surface area contributed by atoms with Crippen molar-refractivity contribution in [2.75, 3.05) is 25.1 Å². The van der Waals surface area contributed by atoms with Crippen molar-refractivity contribution in [3.8, 4) is 5.88 Å². The molecule has 0 amide bonds. The van der Waals surface area contributed by atoms with Crippen LogP contribution in [-0.4, -0.2) is 31.6 Å². The third-order valence-electron chi connectivity index (χ3n) is 2.82. The molecule has 3 nitrogen and oxygen atoms in total. The van der Waals surface area contributed by atoms with Gasteiger partial charge in [0.15, 0.2) is 0 Å². The summed E-state index contributed by atoms with van der Waals surface area (Å²) >= 11 is 0. The number of aromatic nitrogens is 1. The van der Waals surface area contributed by atoms with Crippen molar-refractivity contribution in [1.82, 2.24) is 4.98 Å². The molecular formula is C11H14F2N2O. The predicted molar refractivity (Wildman–Crippen MR) is 57.1 cm³/mol. The highest BCUT2D eigenvalue weighted by Crippen LogP contribution is 2.27. The Morgan fingerprint density at radius 2 is 2.31 bits per heavy atom. The van der Waals surface area contributed by atoms with E-state index in [0.29, 0.717) is 31.2 Å². The molecule has 0 radical (unpaired) electrons. The molecule has 2 heterocycles. The monoisotopic (exact) mass is 228 g/mol.